The number of hydrogen-bond donors (Lipinski definition) is 2. The van der Waals surface area contributed by atoms with Gasteiger partial charge in [0.25, 0.3) is 0 Å². The van der Waals surface area contributed by atoms with Gasteiger partial charge in [-0.1, -0.05) is 29.3 Å². The second-order valence-electron chi connectivity index (χ2n) is 8.41. The number of carbonyl (C=O) groups excluding carboxylic acids is 1. The van der Waals surface area contributed by atoms with Gasteiger partial charge in [0.2, 0.25) is 5.75 Å². The SMILES string of the molecule is CC(C)NC(=O)N1CC=C(c2coc3c(OC(C)c4c(Cl)ccc(F)c4Cl)c(N)ncc23)CC1. The van der Waals surface area contributed by atoms with Gasteiger partial charge >= 0.3 is 6.03 Å². The van der Waals surface area contributed by atoms with Crippen LogP contribution in [0.5, 0.6) is 5.75 Å². The molecule has 4 rings (SSSR count). The molecule has 7 nitrogen and oxygen atoms in total. The molecule has 2 amide bonds. The number of pyridine rings is 1. The number of hydrogen-bond acceptors (Lipinski definition) is 5. The summed E-state index contributed by atoms with van der Waals surface area (Å²) < 4.78 is 25.9. The van der Waals surface area contributed by atoms with Crippen molar-refractivity contribution in [2.24, 2.45) is 0 Å². The van der Waals surface area contributed by atoms with E-state index in [0.29, 0.717) is 30.7 Å². The van der Waals surface area contributed by atoms with E-state index in [0.717, 1.165) is 16.5 Å². The molecule has 10 heteroatoms. The normalized spacial score (nSPS) is 14.9. The summed E-state index contributed by atoms with van der Waals surface area (Å²) in [7, 11) is 0. The van der Waals surface area contributed by atoms with Crippen LogP contribution in [0.25, 0.3) is 16.5 Å². The second kappa shape index (κ2) is 9.72. The van der Waals surface area contributed by atoms with Crippen molar-refractivity contribution in [2.75, 3.05) is 18.8 Å². The third-order valence-electron chi connectivity index (χ3n) is 5.64. The van der Waals surface area contributed by atoms with Gasteiger partial charge < -0.3 is 25.1 Å². The fourth-order valence-electron chi connectivity index (χ4n) is 3.93. The quantitative estimate of drug-likeness (QED) is 0.401. The number of furan rings is 1. The molecule has 0 fully saturated rings. The zero-order chi connectivity index (χ0) is 24.6. The molecule has 0 saturated heterocycles. The van der Waals surface area contributed by atoms with Crippen LogP contribution in [0.2, 0.25) is 10.0 Å². The minimum atomic E-state index is -0.721. The highest BCUT2D eigenvalue weighted by molar-refractivity contribution is 6.36. The van der Waals surface area contributed by atoms with Gasteiger partial charge in [-0.15, -0.1) is 0 Å². The van der Waals surface area contributed by atoms with Crippen LogP contribution < -0.4 is 15.8 Å². The standard InChI is InChI=1S/C24H25Cl2FN4O3/c1-12(2)30-24(32)31-8-6-14(7-9-31)16-11-33-21-15(16)10-29-23(28)22(21)34-13(3)19-17(25)4-5-18(27)20(19)26/h4-6,10-13H,7-9H2,1-3H3,(H2,28,29)(H,30,32). The lowest BCUT2D eigenvalue weighted by Crippen LogP contribution is -2.44. The summed E-state index contributed by atoms with van der Waals surface area (Å²) in [6.07, 6.45) is 5.19. The summed E-state index contributed by atoms with van der Waals surface area (Å²) in [5.41, 5.74) is 8.71. The van der Waals surface area contributed by atoms with Gasteiger partial charge in [-0.2, -0.15) is 0 Å². The van der Waals surface area contributed by atoms with E-state index in [4.69, 9.17) is 38.1 Å². The zero-order valence-electron chi connectivity index (χ0n) is 19.0. The van der Waals surface area contributed by atoms with Crippen molar-refractivity contribution in [1.82, 2.24) is 15.2 Å². The second-order valence-corrected chi connectivity index (χ2v) is 9.20. The van der Waals surface area contributed by atoms with Crippen LogP contribution in [0.3, 0.4) is 0 Å². The number of nitrogen functional groups attached to an aromatic ring is 1. The van der Waals surface area contributed by atoms with Gasteiger partial charge in [0.15, 0.2) is 11.4 Å². The third-order valence-corrected chi connectivity index (χ3v) is 6.35. The number of urea groups is 1. The van der Waals surface area contributed by atoms with Crippen molar-refractivity contribution in [3.63, 3.8) is 0 Å². The fourth-order valence-corrected chi connectivity index (χ4v) is 4.61. The first-order valence-electron chi connectivity index (χ1n) is 10.9. The van der Waals surface area contributed by atoms with Gasteiger partial charge in [-0.05, 0) is 44.9 Å². The van der Waals surface area contributed by atoms with Gasteiger partial charge in [0.05, 0.1) is 16.7 Å². The van der Waals surface area contributed by atoms with E-state index >= 15 is 0 Å². The summed E-state index contributed by atoms with van der Waals surface area (Å²) in [6, 6.07) is 2.61. The van der Waals surface area contributed by atoms with Crippen LogP contribution >= 0.6 is 23.2 Å². The first kappa shape index (κ1) is 24.2. The molecule has 0 bridgehead atoms. The summed E-state index contributed by atoms with van der Waals surface area (Å²) in [5.74, 6) is -0.249. The lowest BCUT2D eigenvalue weighted by molar-refractivity contribution is 0.200. The predicted molar refractivity (Wildman–Crippen MR) is 132 cm³/mol. The van der Waals surface area contributed by atoms with E-state index in [2.05, 4.69) is 10.3 Å². The molecule has 0 radical (unpaired) electrons. The first-order chi connectivity index (χ1) is 16.2. The van der Waals surface area contributed by atoms with E-state index in [-0.39, 0.29) is 33.7 Å². The molecular weight excluding hydrogens is 482 g/mol. The molecule has 3 heterocycles. The Hall–Kier alpha value is -2.97. The topological polar surface area (TPSA) is 93.6 Å². The third kappa shape index (κ3) is 4.65. The van der Waals surface area contributed by atoms with Crippen LogP contribution in [0.4, 0.5) is 15.0 Å². The maximum atomic E-state index is 14.0. The number of anilines is 1. The van der Waals surface area contributed by atoms with Crippen molar-refractivity contribution >= 4 is 51.6 Å². The van der Waals surface area contributed by atoms with E-state index in [9.17, 15) is 9.18 Å². The van der Waals surface area contributed by atoms with Crippen LogP contribution in [0.1, 0.15) is 44.4 Å². The largest absolute Gasteiger partial charge is 0.478 e. The van der Waals surface area contributed by atoms with Gasteiger partial charge in [-0.3, -0.25) is 0 Å². The van der Waals surface area contributed by atoms with Crippen molar-refractivity contribution in [2.45, 2.75) is 39.3 Å². The van der Waals surface area contributed by atoms with Crippen molar-refractivity contribution in [1.29, 1.82) is 0 Å². The number of carbonyl (C=O) groups is 1. The highest BCUT2D eigenvalue weighted by atomic mass is 35.5. The maximum Gasteiger partial charge on any atom is 0.317 e. The molecular formula is C24H25Cl2FN4O3. The Kier molecular flexibility index (Phi) is 6.91. The minimum absolute atomic E-state index is 0.0742. The van der Waals surface area contributed by atoms with Crippen LogP contribution in [0, 0.1) is 5.82 Å². The molecule has 1 unspecified atom stereocenters. The van der Waals surface area contributed by atoms with Crippen molar-refractivity contribution in [3.8, 4) is 5.75 Å². The number of rotatable bonds is 5. The van der Waals surface area contributed by atoms with Crippen LogP contribution in [-0.2, 0) is 0 Å². The Morgan fingerprint density at radius 1 is 1.32 bits per heavy atom. The average Bonchev–Trinajstić information content (AvgIpc) is 3.22. The first-order valence-corrected chi connectivity index (χ1v) is 11.6. The monoisotopic (exact) mass is 506 g/mol. The van der Waals surface area contributed by atoms with Crippen molar-refractivity contribution < 1.29 is 18.3 Å². The Morgan fingerprint density at radius 2 is 2.09 bits per heavy atom. The van der Waals surface area contributed by atoms with Gasteiger partial charge in [-0.25, -0.2) is 14.2 Å². The molecule has 0 saturated carbocycles. The zero-order valence-corrected chi connectivity index (χ0v) is 20.5. The lowest BCUT2D eigenvalue weighted by atomic mass is 9.99. The Morgan fingerprint density at radius 3 is 2.76 bits per heavy atom. The summed E-state index contributed by atoms with van der Waals surface area (Å²) in [6.45, 7) is 6.61. The van der Waals surface area contributed by atoms with Gasteiger partial charge in [0, 0.05) is 41.5 Å². The smallest absolute Gasteiger partial charge is 0.317 e. The Balaban J connectivity index is 1.62. The van der Waals surface area contributed by atoms with E-state index in [1.54, 1.807) is 24.3 Å². The number of aromatic nitrogens is 1. The highest BCUT2D eigenvalue weighted by Gasteiger charge is 2.25. The molecule has 3 aromatic rings. The van der Waals surface area contributed by atoms with E-state index < -0.39 is 11.9 Å². The minimum Gasteiger partial charge on any atom is -0.478 e. The molecule has 1 aromatic carbocycles. The molecule has 180 valence electrons. The number of benzene rings is 1. The number of nitrogens with two attached hydrogens (primary N) is 1. The number of halogens is 3. The molecule has 34 heavy (non-hydrogen) atoms. The number of ether oxygens (including phenoxy) is 1. The molecule has 1 atom stereocenters. The molecule has 1 aliphatic rings. The van der Waals surface area contributed by atoms with Crippen molar-refractivity contribution in [3.05, 3.63) is 57.7 Å². The Labute approximate surface area is 206 Å². The number of amides is 2. The maximum absolute atomic E-state index is 14.0. The molecule has 0 aliphatic carbocycles. The lowest BCUT2D eigenvalue weighted by Gasteiger charge is -2.27. The summed E-state index contributed by atoms with van der Waals surface area (Å²) >= 11 is 12.4. The summed E-state index contributed by atoms with van der Waals surface area (Å²) in [5, 5.41) is 3.79. The molecule has 1 aliphatic heterocycles. The molecule has 3 N–H and O–H groups in total. The van der Waals surface area contributed by atoms with E-state index in [1.165, 1.54) is 12.1 Å². The Bertz CT molecular complexity index is 1270. The van der Waals surface area contributed by atoms with Gasteiger partial charge in [0.1, 0.15) is 11.9 Å². The predicted octanol–water partition coefficient (Wildman–Crippen LogP) is 6.20. The van der Waals surface area contributed by atoms with E-state index in [1.807, 2.05) is 19.9 Å². The molecule has 2 aromatic heterocycles. The molecule has 0 spiro atoms. The fraction of sp³-hybridized carbons (Fsp3) is 0.333. The average molecular weight is 507 g/mol. The summed E-state index contributed by atoms with van der Waals surface area (Å²) in [4.78, 5) is 18.3. The van der Waals surface area contributed by atoms with Crippen LogP contribution in [-0.4, -0.2) is 35.0 Å². The van der Waals surface area contributed by atoms with Crippen LogP contribution in [0.15, 0.2) is 35.1 Å². The number of nitrogens with one attached hydrogen (secondary N) is 1. The highest BCUT2D eigenvalue weighted by Crippen LogP contribution is 2.41. The number of nitrogens with zero attached hydrogens (tertiary/aromatic N) is 2. The number of fused-ring (bicyclic) bond motifs is 1.